The van der Waals surface area contributed by atoms with Crippen LogP contribution in [0.3, 0.4) is 0 Å². The molecule has 0 radical (unpaired) electrons. The molecule has 0 amide bonds. The number of aromatic hydroxyl groups is 1. The molecule has 11 heavy (non-hydrogen) atoms. The van der Waals surface area contributed by atoms with Crippen molar-refractivity contribution in [1.29, 1.82) is 0 Å². The molecule has 0 spiro atoms. The first-order valence-corrected chi connectivity index (χ1v) is 4.69. The van der Waals surface area contributed by atoms with Crippen LogP contribution in [0.2, 0.25) is 0 Å². The van der Waals surface area contributed by atoms with Crippen LogP contribution in [0.25, 0.3) is 0 Å². The van der Waals surface area contributed by atoms with Crippen LogP contribution >= 0.6 is 11.8 Å². The van der Waals surface area contributed by atoms with Crippen molar-refractivity contribution >= 4 is 17.4 Å². The smallest absolute Gasteiger partial charge is 0.119 e. The van der Waals surface area contributed by atoms with Crippen LogP contribution in [-0.2, 0) is 5.75 Å². The zero-order valence-electron chi connectivity index (χ0n) is 6.37. The molecule has 3 N–H and O–H groups in total. The molecule has 2 nitrogen and oxygen atoms in total. The molecule has 1 rings (SSSR count). The van der Waals surface area contributed by atoms with Crippen LogP contribution in [0, 0.1) is 0 Å². The van der Waals surface area contributed by atoms with E-state index in [2.05, 4.69) is 0 Å². The molecular weight excluding hydrogens is 158 g/mol. The SMILES string of the molecule is CSCc1cc(N)ccc1O. The van der Waals surface area contributed by atoms with Crippen LogP contribution in [0.15, 0.2) is 18.2 Å². The molecule has 0 aliphatic heterocycles. The average molecular weight is 169 g/mol. The van der Waals surface area contributed by atoms with Gasteiger partial charge in [-0.15, -0.1) is 0 Å². The van der Waals surface area contributed by atoms with Gasteiger partial charge in [0.15, 0.2) is 0 Å². The van der Waals surface area contributed by atoms with E-state index >= 15 is 0 Å². The molecule has 0 heterocycles. The van der Waals surface area contributed by atoms with E-state index in [-0.39, 0.29) is 0 Å². The van der Waals surface area contributed by atoms with Gasteiger partial charge < -0.3 is 10.8 Å². The van der Waals surface area contributed by atoms with E-state index in [0.29, 0.717) is 11.4 Å². The minimum Gasteiger partial charge on any atom is -0.508 e. The lowest BCUT2D eigenvalue weighted by Crippen LogP contribution is -1.87. The number of rotatable bonds is 2. The Kier molecular flexibility index (Phi) is 2.65. The fraction of sp³-hybridized carbons (Fsp3) is 0.250. The molecule has 0 unspecified atom stereocenters. The zero-order chi connectivity index (χ0) is 8.27. The van der Waals surface area contributed by atoms with Gasteiger partial charge in [0.2, 0.25) is 0 Å². The number of thioether (sulfide) groups is 1. The third kappa shape index (κ3) is 2.05. The van der Waals surface area contributed by atoms with Crippen LogP contribution < -0.4 is 5.73 Å². The van der Waals surface area contributed by atoms with Gasteiger partial charge in [0.1, 0.15) is 5.75 Å². The van der Waals surface area contributed by atoms with Crippen molar-refractivity contribution in [2.45, 2.75) is 5.75 Å². The van der Waals surface area contributed by atoms with E-state index in [1.54, 1.807) is 30.0 Å². The molecule has 0 aliphatic carbocycles. The minimum absolute atomic E-state index is 0.327. The lowest BCUT2D eigenvalue weighted by molar-refractivity contribution is 0.471. The van der Waals surface area contributed by atoms with Crippen LogP contribution in [-0.4, -0.2) is 11.4 Å². The summed E-state index contributed by atoms with van der Waals surface area (Å²) in [6, 6.07) is 5.12. The van der Waals surface area contributed by atoms with Crippen molar-refractivity contribution in [2.75, 3.05) is 12.0 Å². The predicted molar refractivity (Wildman–Crippen MR) is 49.7 cm³/mol. The summed E-state index contributed by atoms with van der Waals surface area (Å²) in [6.45, 7) is 0. The van der Waals surface area contributed by atoms with Crippen molar-refractivity contribution in [3.05, 3.63) is 23.8 Å². The summed E-state index contributed by atoms with van der Waals surface area (Å²) in [7, 11) is 0. The minimum atomic E-state index is 0.327. The molecule has 0 saturated heterocycles. The monoisotopic (exact) mass is 169 g/mol. The maximum absolute atomic E-state index is 9.30. The molecule has 1 aromatic carbocycles. The van der Waals surface area contributed by atoms with Gasteiger partial charge in [-0.3, -0.25) is 0 Å². The van der Waals surface area contributed by atoms with Crippen LogP contribution in [0.4, 0.5) is 5.69 Å². The van der Waals surface area contributed by atoms with Crippen molar-refractivity contribution in [2.24, 2.45) is 0 Å². The fourth-order valence-electron chi connectivity index (χ4n) is 0.877. The van der Waals surface area contributed by atoms with E-state index < -0.39 is 0 Å². The van der Waals surface area contributed by atoms with Gasteiger partial charge in [0.25, 0.3) is 0 Å². The second kappa shape index (κ2) is 3.53. The Morgan fingerprint density at radius 2 is 2.27 bits per heavy atom. The van der Waals surface area contributed by atoms with E-state index in [9.17, 15) is 5.11 Å². The summed E-state index contributed by atoms with van der Waals surface area (Å²) >= 11 is 1.66. The summed E-state index contributed by atoms with van der Waals surface area (Å²) in [4.78, 5) is 0. The number of nitrogens with two attached hydrogens (primary N) is 1. The van der Waals surface area contributed by atoms with Crippen molar-refractivity contribution in [3.8, 4) is 5.75 Å². The number of hydrogen-bond acceptors (Lipinski definition) is 3. The third-order valence-electron chi connectivity index (χ3n) is 1.40. The molecule has 0 aliphatic rings. The van der Waals surface area contributed by atoms with Gasteiger partial charge in [0.05, 0.1) is 0 Å². The molecule has 0 atom stereocenters. The van der Waals surface area contributed by atoms with E-state index in [1.807, 2.05) is 6.26 Å². The number of hydrogen-bond donors (Lipinski definition) is 2. The summed E-state index contributed by atoms with van der Waals surface area (Å²) in [5.41, 5.74) is 7.14. The molecule has 0 bridgehead atoms. The highest BCUT2D eigenvalue weighted by Crippen LogP contribution is 2.22. The molecule has 0 aromatic heterocycles. The Morgan fingerprint density at radius 1 is 1.55 bits per heavy atom. The van der Waals surface area contributed by atoms with Gasteiger partial charge in [-0.1, -0.05) is 0 Å². The van der Waals surface area contributed by atoms with Crippen molar-refractivity contribution < 1.29 is 5.11 Å². The van der Waals surface area contributed by atoms with E-state index in [4.69, 9.17) is 5.73 Å². The molecule has 0 saturated carbocycles. The fourth-order valence-corrected chi connectivity index (χ4v) is 1.42. The first-order chi connectivity index (χ1) is 5.24. The summed E-state index contributed by atoms with van der Waals surface area (Å²) in [5, 5.41) is 9.30. The van der Waals surface area contributed by atoms with Crippen molar-refractivity contribution in [1.82, 2.24) is 0 Å². The van der Waals surface area contributed by atoms with Crippen molar-refractivity contribution in [3.63, 3.8) is 0 Å². The second-order valence-electron chi connectivity index (χ2n) is 2.32. The van der Waals surface area contributed by atoms with Gasteiger partial charge in [-0.05, 0) is 24.5 Å². The average Bonchev–Trinajstić information content (AvgIpc) is 1.98. The molecule has 1 aromatic rings. The first-order valence-electron chi connectivity index (χ1n) is 3.30. The lowest BCUT2D eigenvalue weighted by atomic mass is 10.2. The predicted octanol–water partition coefficient (Wildman–Crippen LogP) is 1.84. The largest absolute Gasteiger partial charge is 0.508 e. The highest BCUT2D eigenvalue weighted by atomic mass is 32.2. The van der Waals surface area contributed by atoms with Gasteiger partial charge in [-0.2, -0.15) is 11.8 Å². The zero-order valence-corrected chi connectivity index (χ0v) is 7.19. The number of benzene rings is 1. The van der Waals surface area contributed by atoms with Gasteiger partial charge in [-0.25, -0.2) is 0 Å². The number of phenolic OH excluding ortho intramolecular Hbond substituents is 1. The summed E-state index contributed by atoms with van der Waals surface area (Å²) in [6.07, 6.45) is 1.99. The van der Waals surface area contributed by atoms with E-state index in [0.717, 1.165) is 11.3 Å². The van der Waals surface area contributed by atoms with Gasteiger partial charge in [0, 0.05) is 17.0 Å². The molecule has 60 valence electrons. The van der Waals surface area contributed by atoms with Crippen LogP contribution in [0.1, 0.15) is 5.56 Å². The van der Waals surface area contributed by atoms with Gasteiger partial charge >= 0.3 is 0 Å². The summed E-state index contributed by atoms with van der Waals surface area (Å²) in [5.74, 6) is 1.13. The Labute approximate surface area is 70.4 Å². The standard InChI is InChI=1S/C8H11NOS/c1-11-5-6-4-7(9)2-3-8(6)10/h2-4,10H,5,9H2,1H3. The number of phenols is 1. The maximum Gasteiger partial charge on any atom is 0.119 e. The van der Waals surface area contributed by atoms with Crippen LogP contribution in [0.5, 0.6) is 5.75 Å². The molecule has 0 fully saturated rings. The topological polar surface area (TPSA) is 46.2 Å². The van der Waals surface area contributed by atoms with E-state index in [1.165, 1.54) is 0 Å². The Morgan fingerprint density at radius 3 is 2.91 bits per heavy atom. The molecule has 3 heteroatoms. The normalized spacial score (nSPS) is 9.91. The highest BCUT2D eigenvalue weighted by Gasteiger charge is 1.99. The Hall–Kier alpha value is -0.830. The first kappa shape index (κ1) is 8.27. The second-order valence-corrected chi connectivity index (χ2v) is 3.19. The Balaban J connectivity index is 2.93. The highest BCUT2D eigenvalue weighted by molar-refractivity contribution is 7.97. The summed E-state index contributed by atoms with van der Waals surface area (Å²) < 4.78 is 0. The lowest BCUT2D eigenvalue weighted by Gasteiger charge is -2.02. The Bertz CT molecular complexity index is 250. The maximum atomic E-state index is 9.30. The molecular formula is C8H11NOS. The third-order valence-corrected chi connectivity index (χ3v) is 2.00. The quantitative estimate of drug-likeness (QED) is 0.524. The number of nitrogen functional groups attached to an aromatic ring is 1. The number of anilines is 1.